The summed E-state index contributed by atoms with van der Waals surface area (Å²) in [6, 6.07) is 6.21. The van der Waals surface area contributed by atoms with Crippen molar-refractivity contribution < 1.29 is 44.3 Å². The van der Waals surface area contributed by atoms with Crippen molar-refractivity contribution in [3.05, 3.63) is 42.0 Å². The Morgan fingerprint density at radius 2 is 1.88 bits per heavy atom. The third kappa shape index (κ3) is 3.81. The van der Waals surface area contributed by atoms with Crippen LogP contribution in [-0.2, 0) is 4.79 Å². The standard InChI is InChI=1S/C11H11NO3.Na/c1-7(2)10(13)12-9-6-4-3-5-8(9)11(14)15;/h3-6H,1H2,2H3,(H,12,13)(H,14,15);/q;+1. The smallest absolute Gasteiger partial charge is 0.478 e. The Morgan fingerprint density at radius 3 is 2.38 bits per heavy atom. The Morgan fingerprint density at radius 1 is 1.31 bits per heavy atom. The molecule has 1 rings (SSSR count). The quantitative estimate of drug-likeness (QED) is 0.510. The van der Waals surface area contributed by atoms with Crippen LogP contribution in [0, 0.1) is 0 Å². The molecule has 0 unspecified atom stereocenters. The second kappa shape index (κ2) is 6.48. The zero-order chi connectivity index (χ0) is 11.4. The average Bonchev–Trinajstić information content (AvgIpc) is 2.18. The van der Waals surface area contributed by atoms with E-state index in [0.29, 0.717) is 5.57 Å². The number of anilines is 1. The fraction of sp³-hybridized carbons (Fsp3) is 0.0909. The second-order valence-corrected chi connectivity index (χ2v) is 3.09. The van der Waals surface area contributed by atoms with Gasteiger partial charge in [0.25, 0.3) is 5.91 Å². The monoisotopic (exact) mass is 228 g/mol. The van der Waals surface area contributed by atoms with E-state index in [-0.39, 0.29) is 46.7 Å². The Bertz CT molecular complexity index is 429. The molecule has 0 aliphatic carbocycles. The van der Waals surface area contributed by atoms with E-state index in [1.165, 1.54) is 12.1 Å². The van der Waals surface area contributed by atoms with E-state index >= 15 is 0 Å². The van der Waals surface area contributed by atoms with E-state index in [1.54, 1.807) is 19.1 Å². The van der Waals surface area contributed by atoms with Gasteiger partial charge in [-0.1, -0.05) is 18.7 Å². The molecular formula is C11H11NNaO3+. The zero-order valence-electron chi connectivity index (χ0n) is 9.28. The van der Waals surface area contributed by atoms with E-state index in [2.05, 4.69) is 11.9 Å². The molecule has 0 atom stereocenters. The summed E-state index contributed by atoms with van der Waals surface area (Å²) in [5, 5.41) is 11.3. The summed E-state index contributed by atoms with van der Waals surface area (Å²) in [5.41, 5.74) is 0.667. The Balaban J connectivity index is 0.00000225. The number of rotatable bonds is 3. The van der Waals surface area contributed by atoms with E-state index < -0.39 is 5.97 Å². The summed E-state index contributed by atoms with van der Waals surface area (Å²) >= 11 is 0. The minimum atomic E-state index is -1.08. The van der Waals surface area contributed by atoms with Crippen molar-refractivity contribution >= 4 is 17.6 Å². The van der Waals surface area contributed by atoms with Crippen molar-refractivity contribution in [2.75, 3.05) is 5.32 Å². The van der Waals surface area contributed by atoms with Gasteiger partial charge in [0.2, 0.25) is 0 Å². The van der Waals surface area contributed by atoms with Crippen LogP contribution < -0.4 is 34.9 Å². The van der Waals surface area contributed by atoms with Crippen molar-refractivity contribution in [1.29, 1.82) is 0 Å². The van der Waals surface area contributed by atoms with Crippen molar-refractivity contribution in [2.45, 2.75) is 6.92 Å². The Labute approximate surface area is 116 Å². The molecular weight excluding hydrogens is 217 g/mol. The van der Waals surface area contributed by atoms with Crippen LogP contribution in [0.25, 0.3) is 0 Å². The number of aromatic carboxylic acids is 1. The minimum absolute atomic E-state index is 0. The maximum absolute atomic E-state index is 11.3. The third-order valence-electron chi connectivity index (χ3n) is 1.79. The van der Waals surface area contributed by atoms with E-state index in [9.17, 15) is 9.59 Å². The normalized spacial score (nSPS) is 8.81. The molecule has 16 heavy (non-hydrogen) atoms. The second-order valence-electron chi connectivity index (χ2n) is 3.09. The van der Waals surface area contributed by atoms with Gasteiger partial charge in [-0.3, -0.25) is 4.79 Å². The van der Waals surface area contributed by atoms with Gasteiger partial charge in [0, 0.05) is 5.57 Å². The van der Waals surface area contributed by atoms with E-state index in [0.717, 1.165) is 0 Å². The van der Waals surface area contributed by atoms with Gasteiger partial charge in [0.15, 0.2) is 0 Å². The summed E-state index contributed by atoms with van der Waals surface area (Å²) in [4.78, 5) is 22.1. The Kier molecular flexibility index (Phi) is 6.03. The molecule has 0 aliphatic heterocycles. The molecule has 0 bridgehead atoms. The summed E-state index contributed by atoms with van der Waals surface area (Å²) in [6.07, 6.45) is 0. The molecule has 0 saturated carbocycles. The first-order chi connectivity index (χ1) is 7.02. The maximum atomic E-state index is 11.3. The molecule has 5 heteroatoms. The summed E-state index contributed by atoms with van der Waals surface area (Å²) in [6.45, 7) is 5.02. The molecule has 0 heterocycles. The van der Waals surface area contributed by atoms with E-state index in [1.807, 2.05) is 0 Å². The molecule has 4 nitrogen and oxygen atoms in total. The van der Waals surface area contributed by atoms with Gasteiger partial charge in [-0.05, 0) is 19.1 Å². The van der Waals surface area contributed by atoms with Gasteiger partial charge >= 0.3 is 35.5 Å². The fourth-order valence-corrected chi connectivity index (χ4v) is 1.01. The summed E-state index contributed by atoms with van der Waals surface area (Å²) in [5.74, 6) is -1.46. The van der Waals surface area contributed by atoms with Crippen LogP contribution >= 0.6 is 0 Å². The predicted octanol–water partition coefficient (Wildman–Crippen LogP) is -1.10. The van der Waals surface area contributed by atoms with Crippen molar-refractivity contribution in [2.24, 2.45) is 0 Å². The number of benzene rings is 1. The van der Waals surface area contributed by atoms with Crippen molar-refractivity contribution in [3.63, 3.8) is 0 Å². The van der Waals surface area contributed by atoms with E-state index in [4.69, 9.17) is 5.11 Å². The van der Waals surface area contributed by atoms with Crippen molar-refractivity contribution in [1.82, 2.24) is 0 Å². The van der Waals surface area contributed by atoms with Gasteiger partial charge in [-0.25, -0.2) is 4.79 Å². The van der Waals surface area contributed by atoms with Crippen LogP contribution in [0.5, 0.6) is 0 Å². The number of carbonyl (C=O) groups excluding carboxylic acids is 1. The number of carboxylic acids is 1. The van der Waals surface area contributed by atoms with Crippen LogP contribution in [0.4, 0.5) is 5.69 Å². The van der Waals surface area contributed by atoms with Gasteiger partial charge in [-0.2, -0.15) is 0 Å². The number of carbonyl (C=O) groups is 2. The molecule has 0 fully saturated rings. The van der Waals surface area contributed by atoms with Crippen LogP contribution in [0.2, 0.25) is 0 Å². The molecule has 0 spiro atoms. The van der Waals surface area contributed by atoms with Gasteiger partial charge in [0.1, 0.15) is 0 Å². The summed E-state index contributed by atoms with van der Waals surface area (Å²) in [7, 11) is 0. The van der Waals surface area contributed by atoms with Crippen LogP contribution in [0.3, 0.4) is 0 Å². The van der Waals surface area contributed by atoms with Gasteiger partial charge in [0.05, 0.1) is 11.3 Å². The first kappa shape index (κ1) is 14.9. The van der Waals surface area contributed by atoms with Crippen LogP contribution in [0.1, 0.15) is 17.3 Å². The molecule has 0 aromatic heterocycles. The molecule has 1 amide bonds. The Hall–Kier alpha value is -1.10. The molecule has 1 aromatic carbocycles. The number of para-hydroxylation sites is 1. The molecule has 0 radical (unpaired) electrons. The van der Waals surface area contributed by atoms with Crippen LogP contribution in [0.15, 0.2) is 36.4 Å². The zero-order valence-corrected chi connectivity index (χ0v) is 11.3. The summed E-state index contributed by atoms with van der Waals surface area (Å²) < 4.78 is 0. The SMILES string of the molecule is C=C(C)C(=O)Nc1ccccc1C(=O)O.[Na+]. The minimum Gasteiger partial charge on any atom is -0.478 e. The molecule has 1 aromatic rings. The predicted molar refractivity (Wildman–Crippen MR) is 56.8 cm³/mol. The number of nitrogens with one attached hydrogen (secondary N) is 1. The fourth-order valence-electron chi connectivity index (χ4n) is 1.01. The largest absolute Gasteiger partial charge is 1.00 e. The van der Waals surface area contributed by atoms with Crippen LogP contribution in [-0.4, -0.2) is 17.0 Å². The molecule has 0 aliphatic rings. The first-order valence-electron chi connectivity index (χ1n) is 4.31. The molecule has 78 valence electrons. The topological polar surface area (TPSA) is 66.4 Å². The maximum Gasteiger partial charge on any atom is 1.00 e. The first-order valence-corrected chi connectivity index (χ1v) is 4.31. The number of hydrogen-bond donors (Lipinski definition) is 2. The molecule has 2 N–H and O–H groups in total. The van der Waals surface area contributed by atoms with Gasteiger partial charge < -0.3 is 10.4 Å². The van der Waals surface area contributed by atoms with Gasteiger partial charge in [-0.15, -0.1) is 0 Å². The third-order valence-corrected chi connectivity index (χ3v) is 1.79. The number of carboxylic acid groups (broad SMARTS) is 1. The number of amides is 1. The number of hydrogen-bond acceptors (Lipinski definition) is 2. The average molecular weight is 228 g/mol. The molecule has 0 saturated heterocycles. The van der Waals surface area contributed by atoms with Crippen molar-refractivity contribution in [3.8, 4) is 0 Å².